The number of fused-ring (bicyclic) bond motifs is 1. The first-order valence-corrected chi connectivity index (χ1v) is 12.7. The molecule has 0 bridgehead atoms. The van der Waals surface area contributed by atoms with Crippen molar-refractivity contribution in [1.29, 1.82) is 0 Å². The summed E-state index contributed by atoms with van der Waals surface area (Å²) in [6, 6.07) is 18.6. The lowest BCUT2D eigenvalue weighted by atomic mass is 9.88. The first-order chi connectivity index (χ1) is 16.4. The number of sulfonamides is 1. The van der Waals surface area contributed by atoms with Gasteiger partial charge in [-0.3, -0.25) is 9.52 Å². The molecule has 0 aromatic heterocycles. The van der Waals surface area contributed by atoms with Crippen molar-refractivity contribution in [1.82, 2.24) is 5.32 Å². The van der Waals surface area contributed by atoms with Gasteiger partial charge in [0.05, 0.1) is 28.8 Å². The molecule has 1 amide bonds. The monoisotopic (exact) mass is 500 g/mol. The minimum atomic E-state index is -3.83. The first-order valence-electron chi connectivity index (χ1n) is 10.8. The van der Waals surface area contributed by atoms with Crippen LogP contribution in [0, 0.1) is 0 Å². The number of anilines is 1. The Bertz CT molecular complexity index is 1280. The predicted octanol–water partition coefficient (Wildman–Crippen LogP) is 4.72. The van der Waals surface area contributed by atoms with E-state index in [1.165, 1.54) is 43.0 Å². The number of halogens is 1. The van der Waals surface area contributed by atoms with Crippen molar-refractivity contribution in [3.8, 4) is 11.5 Å². The van der Waals surface area contributed by atoms with E-state index in [4.69, 9.17) is 21.1 Å². The molecule has 178 valence electrons. The molecule has 4 rings (SSSR count). The van der Waals surface area contributed by atoms with Gasteiger partial charge in [0.1, 0.15) is 11.5 Å². The van der Waals surface area contributed by atoms with Crippen LogP contribution in [0.1, 0.15) is 30.0 Å². The number of benzene rings is 3. The van der Waals surface area contributed by atoms with Gasteiger partial charge in [-0.15, -0.1) is 0 Å². The molecule has 1 aliphatic carbocycles. The molecule has 0 heterocycles. The van der Waals surface area contributed by atoms with Crippen LogP contribution in [0.5, 0.6) is 11.5 Å². The summed E-state index contributed by atoms with van der Waals surface area (Å²) in [7, 11) is -2.35. The number of amides is 1. The zero-order valence-electron chi connectivity index (χ0n) is 18.6. The Balaban J connectivity index is 1.34. The average molecular weight is 501 g/mol. The highest BCUT2D eigenvalue weighted by atomic mass is 35.5. The average Bonchev–Trinajstić information content (AvgIpc) is 2.83. The van der Waals surface area contributed by atoms with Crippen molar-refractivity contribution in [2.45, 2.75) is 30.2 Å². The number of nitrogens with one attached hydrogen (secondary N) is 2. The fraction of sp³-hybridized carbons (Fsp3) is 0.240. The van der Waals surface area contributed by atoms with E-state index in [2.05, 4.69) is 16.1 Å². The Morgan fingerprint density at radius 1 is 1.09 bits per heavy atom. The lowest BCUT2D eigenvalue weighted by Crippen LogP contribution is -2.34. The van der Waals surface area contributed by atoms with Crippen LogP contribution < -0.4 is 19.5 Å². The van der Waals surface area contributed by atoms with Crippen LogP contribution >= 0.6 is 11.6 Å². The third-order valence-electron chi connectivity index (χ3n) is 5.61. The van der Waals surface area contributed by atoms with Crippen LogP contribution in [0.3, 0.4) is 0 Å². The topological polar surface area (TPSA) is 93.7 Å². The van der Waals surface area contributed by atoms with E-state index in [1.807, 2.05) is 18.2 Å². The molecule has 7 nitrogen and oxygen atoms in total. The summed E-state index contributed by atoms with van der Waals surface area (Å²) in [4.78, 5) is 12.5. The van der Waals surface area contributed by atoms with Gasteiger partial charge in [0, 0.05) is 0 Å². The van der Waals surface area contributed by atoms with Gasteiger partial charge in [0.25, 0.3) is 15.9 Å². The van der Waals surface area contributed by atoms with Crippen LogP contribution in [-0.4, -0.2) is 28.0 Å². The summed E-state index contributed by atoms with van der Waals surface area (Å²) in [6.07, 6.45) is 2.94. The van der Waals surface area contributed by atoms with Gasteiger partial charge < -0.3 is 14.8 Å². The highest BCUT2D eigenvalue weighted by Gasteiger charge is 2.21. The summed E-state index contributed by atoms with van der Waals surface area (Å²) in [6.45, 7) is -0.159. The summed E-state index contributed by atoms with van der Waals surface area (Å²) in [5.41, 5.74) is 2.73. The summed E-state index contributed by atoms with van der Waals surface area (Å²) < 4.78 is 38.5. The third kappa shape index (κ3) is 5.63. The largest absolute Gasteiger partial charge is 0.495 e. The van der Waals surface area contributed by atoms with Crippen molar-refractivity contribution in [3.05, 3.63) is 82.9 Å². The standard InChI is InChI=1S/C25H25ClN2O5S/c1-32-24-14-9-18(15-22(24)26)28-34(30,31)20-12-10-19(11-13-20)33-16-25(29)27-23-8-4-6-17-5-2-3-7-21(17)23/h2-3,5,7,9-15,23,28H,4,6,8,16H2,1H3,(H,27,29). The SMILES string of the molecule is COc1ccc(NS(=O)(=O)c2ccc(OCC(=O)NC3CCCc4ccccc43)cc2)cc1Cl. The molecule has 1 aliphatic rings. The number of hydrogen-bond donors (Lipinski definition) is 2. The molecular formula is C25H25ClN2O5S. The van der Waals surface area contributed by atoms with Crippen LogP contribution in [0.4, 0.5) is 5.69 Å². The quantitative estimate of drug-likeness (QED) is 0.466. The predicted molar refractivity (Wildman–Crippen MR) is 131 cm³/mol. The highest BCUT2D eigenvalue weighted by Crippen LogP contribution is 2.30. The number of rotatable bonds is 8. The molecule has 0 aliphatic heterocycles. The lowest BCUT2D eigenvalue weighted by molar-refractivity contribution is -0.124. The van der Waals surface area contributed by atoms with Crippen LogP contribution in [0.15, 0.2) is 71.6 Å². The highest BCUT2D eigenvalue weighted by molar-refractivity contribution is 7.92. The second kappa shape index (κ2) is 10.4. The normalized spacial score (nSPS) is 15.2. The number of carbonyl (C=O) groups excluding carboxylic acids is 1. The minimum absolute atomic E-state index is 0.0221. The molecule has 9 heteroatoms. The molecule has 1 atom stereocenters. The maximum atomic E-state index is 12.7. The van der Waals surface area contributed by atoms with Gasteiger partial charge >= 0.3 is 0 Å². The van der Waals surface area contributed by atoms with Gasteiger partial charge in [-0.05, 0) is 72.9 Å². The molecule has 0 radical (unpaired) electrons. The second-order valence-electron chi connectivity index (χ2n) is 7.93. The number of hydrogen-bond acceptors (Lipinski definition) is 5. The van der Waals surface area contributed by atoms with Crippen molar-refractivity contribution in [2.75, 3.05) is 18.4 Å². The molecule has 34 heavy (non-hydrogen) atoms. The Morgan fingerprint density at radius 2 is 1.85 bits per heavy atom. The fourth-order valence-electron chi connectivity index (χ4n) is 3.95. The summed E-state index contributed by atoms with van der Waals surface area (Å²) in [5.74, 6) is 0.616. The zero-order chi connectivity index (χ0) is 24.1. The Kier molecular flexibility index (Phi) is 7.29. The summed E-state index contributed by atoms with van der Waals surface area (Å²) >= 11 is 6.06. The van der Waals surface area contributed by atoms with Crippen molar-refractivity contribution in [3.63, 3.8) is 0 Å². The van der Waals surface area contributed by atoms with E-state index in [0.29, 0.717) is 22.2 Å². The summed E-state index contributed by atoms with van der Waals surface area (Å²) in [5, 5.41) is 3.32. The zero-order valence-corrected chi connectivity index (χ0v) is 20.2. The Labute approximate surface area is 204 Å². The van der Waals surface area contributed by atoms with Gasteiger partial charge in [-0.25, -0.2) is 8.42 Å². The van der Waals surface area contributed by atoms with Crippen LogP contribution in [-0.2, 0) is 21.2 Å². The molecule has 0 spiro atoms. The molecule has 0 saturated carbocycles. The Morgan fingerprint density at radius 3 is 2.59 bits per heavy atom. The van der Waals surface area contributed by atoms with Crippen LogP contribution in [0.2, 0.25) is 5.02 Å². The van der Waals surface area contributed by atoms with Crippen molar-refractivity contribution >= 4 is 33.2 Å². The second-order valence-corrected chi connectivity index (χ2v) is 10.0. The minimum Gasteiger partial charge on any atom is -0.495 e. The van der Waals surface area contributed by atoms with E-state index in [9.17, 15) is 13.2 Å². The molecule has 1 unspecified atom stereocenters. The van der Waals surface area contributed by atoms with E-state index in [0.717, 1.165) is 24.8 Å². The fourth-order valence-corrected chi connectivity index (χ4v) is 5.25. The third-order valence-corrected chi connectivity index (χ3v) is 7.31. The van der Waals surface area contributed by atoms with Gasteiger partial charge in [0.15, 0.2) is 6.61 Å². The van der Waals surface area contributed by atoms with Crippen LogP contribution in [0.25, 0.3) is 0 Å². The van der Waals surface area contributed by atoms with E-state index >= 15 is 0 Å². The van der Waals surface area contributed by atoms with Gasteiger partial charge in [0.2, 0.25) is 0 Å². The molecule has 0 fully saturated rings. The van der Waals surface area contributed by atoms with Crippen molar-refractivity contribution in [2.24, 2.45) is 0 Å². The van der Waals surface area contributed by atoms with Crippen molar-refractivity contribution < 1.29 is 22.7 Å². The number of aryl methyl sites for hydroxylation is 1. The lowest BCUT2D eigenvalue weighted by Gasteiger charge is -2.26. The molecule has 3 aromatic rings. The van der Waals surface area contributed by atoms with E-state index in [1.54, 1.807) is 12.1 Å². The van der Waals surface area contributed by atoms with Gasteiger partial charge in [-0.2, -0.15) is 0 Å². The maximum Gasteiger partial charge on any atom is 0.261 e. The van der Waals surface area contributed by atoms with Gasteiger partial charge in [-0.1, -0.05) is 35.9 Å². The molecule has 3 aromatic carbocycles. The molecule has 0 saturated heterocycles. The number of carbonyl (C=O) groups is 1. The molecule has 2 N–H and O–H groups in total. The number of methoxy groups -OCH3 is 1. The Hall–Kier alpha value is -3.23. The first kappa shape index (κ1) is 23.9. The molecular weight excluding hydrogens is 476 g/mol. The number of ether oxygens (including phenoxy) is 2. The van der Waals surface area contributed by atoms with E-state index in [-0.39, 0.29) is 23.5 Å². The maximum absolute atomic E-state index is 12.7. The smallest absolute Gasteiger partial charge is 0.261 e. The van der Waals surface area contributed by atoms with E-state index < -0.39 is 10.0 Å².